The van der Waals surface area contributed by atoms with Crippen LogP contribution in [0.25, 0.3) is 6.08 Å². The van der Waals surface area contributed by atoms with Gasteiger partial charge in [0.25, 0.3) is 5.69 Å². The number of carbonyl (C=O) groups is 1. The van der Waals surface area contributed by atoms with E-state index in [0.29, 0.717) is 35.8 Å². The van der Waals surface area contributed by atoms with Gasteiger partial charge >= 0.3 is 0 Å². The summed E-state index contributed by atoms with van der Waals surface area (Å²) in [5.41, 5.74) is 0.0715. The molecule has 134 valence electrons. The molecule has 0 unspecified atom stereocenters. The molecule has 0 aliphatic carbocycles. The van der Waals surface area contributed by atoms with Crippen molar-refractivity contribution in [1.82, 2.24) is 0 Å². The first kappa shape index (κ1) is 17.3. The van der Waals surface area contributed by atoms with Crippen molar-refractivity contribution in [2.75, 3.05) is 20.3 Å². The Morgan fingerprint density at radius 1 is 1.19 bits per heavy atom. The fourth-order valence-corrected chi connectivity index (χ4v) is 2.46. The van der Waals surface area contributed by atoms with Gasteiger partial charge < -0.3 is 19.3 Å². The number of nitro benzene ring substituents is 1. The Balaban J connectivity index is 1.86. The molecule has 2 aromatic carbocycles. The molecule has 1 aliphatic rings. The molecular formula is C18H14NO7-. The normalized spacial score (nSPS) is 12.8. The summed E-state index contributed by atoms with van der Waals surface area (Å²) in [4.78, 5) is 22.5. The number of methoxy groups -OCH3 is 1. The van der Waals surface area contributed by atoms with Gasteiger partial charge in [-0.05, 0) is 35.9 Å². The fourth-order valence-electron chi connectivity index (χ4n) is 2.46. The lowest BCUT2D eigenvalue weighted by Crippen LogP contribution is -2.15. The maximum atomic E-state index is 12.3. The molecule has 3 rings (SSSR count). The van der Waals surface area contributed by atoms with E-state index >= 15 is 0 Å². The maximum Gasteiger partial charge on any atom is 0.266 e. The van der Waals surface area contributed by atoms with E-state index in [1.165, 1.54) is 25.3 Å². The predicted molar refractivity (Wildman–Crippen MR) is 89.9 cm³/mol. The molecule has 8 heteroatoms. The minimum Gasteiger partial charge on any atom is -0.865 e. The molecule has 0 N–H and O–H groups in total. The summed E-state index contributed by atoms with van der Waals surface area (Å²) in [5, 5.41) is 22.8. The highest BCUT2D eigenvalue weighted by Crippen LogP contribution is 2.35. The Kier molecular flexibility index (Phi) is 4.74. The lowest BCUT2D eigenvalue weighted by atomic mass is 10.1. The van der Waals surface area contributed by atoms with E-state index in [1.54, 1.807) is 18.2 Å². The number of ether oxygens (including phenoxy) is 3. The molecule has 0 radical (unpaired) electrons. The maximum absolute atomic E-state index is 12.3. The van der Waals surface area contributed by atoms with Gasteiger partial charge in [-0.3, -0.25) is 14.9 Å². The molecule has 8 nitrogen and oxygen atoms in total. The van der Waals surface area contributed by atoms with Gasteiger partial charge in [-0.15, -0.1) is 0 Å². The number of allylic oxidation sites excluding steroid dienone is 1. The van der Waals surface area contributed by atoms with E-state index < -0.39 is 16.4 Å². The number of rotatable bonds is 5. The van der Waals surface area contributed by atoms with Gasteiger partial charge in [0.15, 0.2) is 17.3 Å². The summed E-state index contributed by atoms with van der Waals surface area (Å²) in [7, 11) is 1.24. The van der Waals surface area contributed by atoms with Gasteiger partial charge in [0.1, 0.15) is 19.0 Å². The average molecular weight is 356 g/mol. The number of ketones is 1. The van der Waals surface area contributed by atoms with E-state index in [2.05, 4.69) is 0 Å². The van der Waals surface area contributed by atoms with E-state index in [4.69, 9.17) is 14.2 Å². The van der Waals surface area contributed by atoms with Gasteiger partial charge in [-0.2, -0.15) is 0 Å². The van der Waals surface area contributed by atoms with Crippen molar-refractivity contribution in [1.29, 1.82) is 0 Å². The van der Waals surface area contributed by atoms with Crippen molar-refractivity contribution < 1.29 is 29.0 Å². The van der Waals surface area contributed by atoms with Crippen LogP contribution in [0.2, 0.25) is 0 Å². The zero-order chi connectivity index (χ0) is 18.7. The summed E-state index contributed by atoms with van der Waals surface area (Å²) < 4.78 is 15.7. The number of fused-ring (bicyclic) bond motifs is 1. The van der Waals surface area contributed by atoms with Crippen LogP contribution in [-0.4, -0.2) is 31.0 Å². The lowest BCUT2D eigenvalue weighted by molar-refractivity contribution is -0.398. The van der Waals surface area contributed by atoms with Crippen molar-refractivity contribution in [3.8, 4) is 23.0 Å². The molecule has 0 amide bonds. The van der Waals surface area contributed by atoms with Crippen molar-refractivity contribution in [2.24, 2.45) is 0 Å². The summed E-state index contributed by atoms with van der Waals surface area (Å²) in [6.07, 6.45) is 2.64. The molecule has 0 fully saturated rings. The molecule has 1 aliphatic heterocycles. The van der Waals surface area contributed by atoms with Gasteiger partial charge in [-0.1, -0.05) is 6.08 Å². The second-order valence-electron chi connectivity index (χ2n) is 5.38. The van der Waals surface area contributed by atoms with E-state index in [1.807, 2.05) is 0 Å². The first-order valence-electron chi connectivity index (χ1n) is 7.65. The fraction of sp³-hybridized carbons (Fsp3) is 0.167. The monoisotopic (exact) mass is 356 g/mol. The van der Waals surface area contributed by atoms with Gasteiger partial charge in [-0.25, -0.2) is 0 Å². The molecule has 1 heterocycles. The van der Waals surface area contributed by atoms with E-state index in [9.17, 15) is 20.0 Å². The average Bonchev–Trinajstić information content (AvgIpc) is 2.66. The molecule has 2 aromatic rings. The Bertz CT molecular complexity index is 905. The molecular weight excluding hydrogens is 342 g/mol. The highest BCUT2D eigenvalue weighted by Gasteiger charge is 2.15. The second kappa shape index (κ2) is 7.14. The van der Waals surface area contributed by atoms with Crippen LogP contribution >= 0.6 is 0 Å². The molecule has 0 aromatic heterocycles. The minimum absolute atomic E-state index is 0.161. The van der Waals surface area contributed by atoms with Crippen molar-refractivity contribution in [3.05, 3.63) is 57.6 Å². The van der Waals surface area contributed by atoms with Crippen molar-refractivity contribution in [2.45, 2.75) is 0 Å². The zero-order valence-electron chi connectivity index (χ0n) is 13.8. The summed E-state index contributed by atoms with van der Waals surface area (Å²) in [6, 6.07) is 7.26. The standard InChI is InChI=1S/C18H15NO7/c1-24-17-9-11(8-13(18(17)21)19(22)23)2-4-14(20)12-3-5-15-16(10-12)26-7-6-25-15/h2-5,8-10,21H,6-7H2,1H3/p-1/b4-2+. The summed E-state index contributed by atoms with van der Waals surface area (Å²) in [5.74, 6) is -0.236. The van der Waals surface area contributed by atoms with E-state index in [0.717, 1.165) is 6.07 Å². The number of hydrogen-bond donors (Lipinski definition) is 0. The third kappa shape index (κ3) is 3.44. The predicted octanol–water partition coefficient (Wildman–Crippen LogP) is 2.34. The van der Waals surface area contributed by atoms with Crippen molar-refractivity contribution >= 4 is 17.5 Å². The number of nitro groups is 1. The van der Waals surface area contributed by atoms with Gasteiger partial charge in [0.2, 0.25) is 0 Å². The van der Waals surface area contributed by atoms with Gasteiger partial charge in [0.05, 0.1) is 12.0 Å². The Hall–Kier alpha value is -3.55. The van der Waals surface area contributed by atoms with Crippen LogP contribution in [0.15, 0.2) is 36.4 Å². The zero-order valence-corrected chi connectivity index (χ0v) is 13.8. The largest absolute Gasteiger partial charge is 0.865 e. The quantitative estimate of drug-likeness (QED) is 0.350. The van der Waals surface area contributed by atoms with Crippen LogP contribution in [-0.2, 0) is 0 Å². The SMILES string of the molecule is COc1cc(/C=C/C(=O)c2ccc3c(c2)OCCO3)cc([N+](=O)[O-])c1[O-]. The van der Waals surface area contributed by atoms with Crippen LogP contribution in [0.1, 0.15) is 15.9 Å². The van der Waals surface area contributed by atoms with Crippen LogP contribution in [0, 0.1) is 10.1 Å². The molecule has 0 spiro atoms. The lowest BCUT2D eigenvalue weighted by Gasteiger charge is -2.18. The number of carbonyl (C=O) groups excluding carboxylic acids is 1. The third-order valence-corrected chi connectivity index (χ3v) is 3.73. The first-order chi connectivity index (χ1) is 12.5. The number of nitrogens with zero attached hydrogens (tertiary/aromatic N) is 1. The number of benzene rings is 2. The van der Waals surface area contributed by atoms with Crippen LogP contribution in [0.4, 0.5) is 5.69 Å². The third-order valence-electron chi connectivity index (χ3n) is 3.73. The Morgan fingerprint density at radius 3 is 2.62 bits per heavy atom. The molecule has 0 atom stereocenters. The topological polar surface area (TPSA) is 111 Å². The second-order valence-corrected chi connectivity index (χ2v) is 5.38. The highest BCUT2D eigenvalue weighted by molar-refractivity contribution is 6.07. The summed E-state index contributed by atoms with van der Waals surface area (Å²) in [6.45, 7) is 0.863. The summed E-state index contributed by atoms with van der Waals surface area (Å²) >= 11 is 0. The van der Waals surface area contributed by atoms with Crippen LogP contribution in [0.3, 0.4) is 0 Å². The Labute approximate surface area is 148 Å². The van der Waals surface area contributed by atoms with Crippen molar-refractivity contribution in [3.63, 3.8) is 0 Å². The number of hydrogen-bond acceptors (Lipinski definition) is 7. The molecule has 26 heavy (non-hydrogen) atoms. The highest BCUT2D eigenvalue weighted by atomic mass is 16.6. The smallest absolute Gasteiger partial charge is 0.266 e. The van der Waals surface area contributed by atoms with Crippen LogP contribution < -0.4 is 19.3 Å². The van der Waals surface area contributed by atoms with Gasteiger partial charge in [0, 0.05) is 17.4 Å². The van der Waals surface area contributed by atoms with E-state index in [-0.39, 0.29) is 11.5 Å². The van der Waals surface area contributed by atoms with Crippen LogP contribution in [0.5, 0.6) is 23.0 Å². The molecule has 0 saturated heterocycles. The minimum atomic E-state index is -0.812. The molecule has 0 saturated carbocycles. The Morgan fingerprint density at radius 2 is 1.92 bits per heavy atom. The first-order valence-corrected chi connectivity index (χ1v) is 7.65. The molecule has 0 bridgehead atoms.